The zero-order chi connectivity index (χ0) is 18.8. The summed E-state index contributed by atoms with van der Waals surface area (Å²) in [6, 6.07) is 8.81. The van der Waals surface area contributed by atoms with Gasteiger partial charge in [-0.25, -0.2) is 4.98 Å². The summed E-state index contributed by atoms with van der Waals surface area (Å²) in [5, 5.41) is 6.08. The number of nitrogens with one attached hydrogen (secondary N) is 1. The molecule has 3 aromatic rings. The lowest BCUT2D eigenvalue weighted by Gasteiger charge is -2.31. The minimum atomic E-state index is 0.331. The maximum Gasteiger partial charge on any atom is 0.158 e. The van der Waals surface area contributed by atoms with Crippen molar-refractivity contribution in [1.29, 1.82) is 0 Å². The van der Waals surface area contributed by atoms with Gasteiger partial charge in [0.2, 0.25) is 0 Å². The number of nitrogens with zero attached hydrogens (tertiary/aromatic N) is 4. The van der Waals surface area contributed by atoms with Crippen LogP contribution >= 0.6 is 0 Å². The maximum absolute atomic E-state index is 4.90. The van der Waals surface area contributed by atoms with Crippen LogP contribution in [0.1, 0.15) is 50.8 Å². The molecule has 0 bridgehead atoms. The second-order valence-corrected chi connectivity index (χ2v) is 9.46. The van der Waals surface area contributed by atoms with Crippen LogP contribution in [0.25, 0.3) is 22.4 Å². The summed E-state index contributed by atoms with van der Waals surface area (Å²) in [5.74, 6) is 4.25. The average Bonchev–Trinajstić information content (AvgIpc) is 3.10. The van der Waals surface area contributed by atoms with Crippen LogP contribution in [0.5, 0.6) is 0 Å². The molecule has 1 aromatic carbocycles. The molecule has 1 N–H and O–H groups in total. The minimum absolute atomic E-state index is 0.331. The SMILES string of the molecule is CC(C)n1nc(-c2ncc(C3C4CN(CC5CCC5)CC43)[nH]2)c2ccccc21. The van der Waals surface area contributed by atoms with Gasteiger partial charge in [-0.1, -0.05) is 24.6 Å². The van der Waals surface area contributed by atoms with Crippen LogP contribution in [-0.2, 0) is 0 Å². The summed E-state index contributed by atoms with van der Waals surface area (Å²) in [6.45, 7) is 8.26. The summed E-state index contributed by atoms with van der Waals surface area (Å²) >= 11 is 0. The first kappa shape index (κ1) is 16.8. The zero-order valence-electron chi connectivity index (χ0n) is 16.8. The van der Waals surface area contributed by atoms with Crippen LogP contribution in [0.4, 0.5) is 0 Å². The first-order valence-corrected chi connectivity index (χ1v) is 10.9. The fourth-order valence-corrected chi connectivity index (χ4v) is 5.55. The van der Waals surface area contributed by atoms with Crippen LogP contribution in [0.3, 0.4) is 0 Å². The van der Waals surface area contributed by atoms with E-state index in [1.807, 2.05) is 0 Å². The lowest BCUT2D eigenvalue weighted by molar-refractivity contribution is 0.189. The first-order valence-electron chi connectivity index (χ1n) is 10.9. The molecule has 2 saturated carbocycles. The Labute approximate surface area is 166 Å². The van der Waals surface area contributed by atoms with Crippen molar-refractivity contribution in [2.75, 3.05) is 19.6 Å². The molecule has 3 aliphatic rings. The molecule has 28 heavy (non-hydrogen) atoms. The average molecular weight is 376 g/mol. The van der Waals surface area contributed by atoms with Crippen LogP contribution in [-0.4, -0.2) is 44.3 Å². The van der Waals surface area contributed by atoms with Crippen molar-refractivity contribution >= 4 is 10.9 Å². The fourth-order valence-electron chi connectivity index (χ4n) is 5.55. The van der Waals surface area contributed by atoms with Crippen LogP contribution in [0.15, 0.2) is 30.5 Å². The third kappa shape index (κ3) is 2.55. The van der Waals surface area contributed by atoms with Crippen molar-refractivity contribution in [3.8, 4) is 11.5 Å². The molecule has 146 valence electrons. The number of piperidine rings is 1. The molecule has 0 amide bonds. The number of hydrogen-bond donors (Lipinski definition) is 1. The minimum Gasteiger partial charge on any atom is -0.340 e. The Morgan fingerprint density at radius 2 is 1.93 bits per heavy atom. The number of imidazole rings is 1. The predicted octanol–water partition coefficient (Wildman–Crippen LogP) is 4.45. The molecule has 3 fully saturated rings. The number of para-hydroxylation sites is 1. The highest BCUT2D eigenvalue weighted by molar-refractivity contribution is 5.91. The van der Waals surface area contributed by atoms with E-state index in [9.17, 15) is 0 Å². The van der Waals surface area contributed by atoms with E-state index in [1.54, 1.807) is 0 Å². The van der Waals surface area contributed by atoms with Crippen LogP contribution in [0, 0.1) is 17.8 Å². The highest BCUT2D eigenvalue weighted by Gasteiger charge is 2.57. The van der Waals surface area contributed by atoms with Gasteiger partial charge in [0.15, 0.2) is 5.82 Å². The van der Waals surface area contributed by atoms with E-state index in [0.29, 0.717) is 12.0 Å². The number of benzene rings is 1. The summed E-state index contributed by atoms with van der Waals surface area (Å²) in [5.41, 5.74) is 3.48. The van der Waals surface area contributed by atoms with Crippen molar-refractivity contribution in [1.82, 2.24) is 24.6 Å². The molecular weight excluding hydrogens is 346 g/mol. The zero-order valence-corrected chi connectivity index (χ0v) is 16.8. The summed E-state index contributed by atoms with van der Waals surface area (Å²) in [7, 11) is 0. The summed E-state index contributed by atoms with van der Waals surface area (Å²) < 4.78 is 2.11. The third-order valence-electron chi connectivity index (χ3n) is 7.29. The standard InChI is InChI=1S/C23H29N5/c1-14(2)28-20-9-4-3-8-16(20)22(26-28)23-24-10-19(25-23)21-17-12-27(13-18(17)21)11-15-6-5-7-15/h3-4,8-10,14-15,17-18,21H,5-7,11-13H2,1-2H3,(H,24,25). The van der Waals surface area contributed by atoms with Crippen molar-refractivity contribution in [2.45, 2.75) is 45.1 Å². The molecule has 0 radical (unpaired) electrons. The Bertz CT molecular complexity index is 999. The molecule has 1 saturated heterocycles. The van der Waals surface area contributed by atoms with E-state index in [2.05, 4.69) is 58.9 Å². The highest BCUT2D eigenvalue weighted by atomic mass is 15.3. The van der Waals surface area contributed by atoms with Gasteiger partial charge in [0.25, 0.3) is 0 Å². The fraction of sp³-hybridized carbons (Fsp3) is 0.565. The number of aromatic amines is 1. The number of H-pyrrole nitrogens is 1. The lowest BCUT2D eigenvalue weighted by Crippen LogP contribution is -2.32. The molecule has 2 aliphatic carbocycles. The van der Waals surface area contributed by atoms with E-state index in [-0.39, 0.29) is 0 Å². The van der Waals surface area contributed by atoms with Gasteiger partial charge in [-0.2, -0.15) is 5.10 Å². The number of likely N-dealkylation sites (tertiary alicyclic amines) is 1. The second-order valence-electron chi connectivity index (χ2n) is 9.46. The summed E-state index contributed by atoms with van der Waals surface area (Å²) in [6.07, 6.45) is 6.43. The van der Waals surface area contributed by atoms with Gasteiger partial charge in [-0.05, 0) is 50.5 Å². The monoisotopic (exact) mass is 375 g/mol. The lowest BCUT2D eigenvalue weighted by atomic mass is 9.85. The third-order valence-corrected chi connectivity index (χ3v) is 7.29. The van der Waals surface area contributed by atoms with E-state index in [0.717, 1.165) is 29.3 Å². The van der Waals surface area contributed by atoms with Gasteiger partial charge in [0.1, 0.15) is 5.69 Å². The molecule has 2 aromatic heterocycles. The predicted molar refractivity (Wildman–Crippen MR) is 111 cm³/mol. The molecule has 5 nitrogen and oxygen atoms in total. The molecule has 5 heteroatoms. The van der Waals surface area contributed by atoms with Gasteiger partial charge in [0.05, 0.1) is 5.52 Å². The van der Waals surface area contributed by atoms with Crippen molar-refractivity contribution in [3.05, 3.63) is 36.2 Å². The van der Waals surface area contributed by atoms with Gasteiger partial charge >= 0.3 is 0 Å². The van der Waals surface area contributed by atoms with Gasteiger partial charge < -0.3 is 9.88 Å². The molecule has 6 rings (SSSR count). The maximum atomic E-state index is 4.90. The van der Waals surface area contributed by atoms with Crippen LogP contribution in [0.2, 0.25) is 0 Å². The quantitative estimate of drug-likeness (QED) is 0.717. The van der Waals surface area contributed by atoms with Gasteiger partial charge in [0, 0.05) is 48.9 Å². The Balaban J connectivity index is 1.22. The largest absolute Gasteiger partial charge is 0.340 e. The van der Waals surface area contributed by atoms with E-state index in [1.165, 1.54) is 55.5 Å². The van der Waals surface area contributed by atoms with Gasteiger partial charge in [-0.3, -0.25) is 4.68 Å². The molecule has 1 aliphatic heterocycles. The Kier molecular flexibility index (Phi) is 3.70. The van der Waals surface area contributed by atoms with Crippen molar-refractivity contribution in [2.24, 2.45) is 17.8 Å². The normalized spacial score (nSPS) is 27.5. The Morgan fingerprint density at radius 3 is 2.64 bits per heavy atom. The molecule has 2 unspecified atom stereocenters. The Hall–Kier alpha value is -2.14. The first-order chi connectivity index (χ1) is 13.7. The summed E-state index contributed by atoms with van der Waals surface area (Å²) in [4.78, 5) is 11.1. The van der Waals surface area contributed by atoms with Crippen molar-refractivity contribution in [3.63, 3.8) is 0 Å². The molecule has 2 atom stereocenters. The number of hydrogen-bond acceptors (Lipinski definition) is 3. The van der Waals surface area contributed by atoms with Crippen LogP contribution < -0.4 is 0 Å². The van der Waals surface area contributed by atoms with E-state index in [4.69, 9.17) is 10.1 Å². The smallest absolute Gasteiger partial charge is 0.158 e. The molecule has 0 spiro atoms. The van der Waals surface area contributed by atoms with Crippen molar-refractivity contribution < 1.29 is 0 Å². The number of rotatable bonds is 5. The number of aromatic nitrogens is 4. The van der Waals surface area contributed by atoms with E-state index < -0.39 is 0 Å². The molecule has 3 heterocycles. The molecular formula is C23H29N5. The van der Waals surface area contributed by atoms with Gasteiger partial charge in [-0.15, -0.1) is 0 Å². The Morgan fingerprint density at radius 1 is 1.14 bits per heavy atom. The van der Waals surface area contributed by atoms with E-state index >= 15 is 0 Å². The number of fused-ring (bicyclic) bond motifs is 2. The highest BCUT2D eigenvalue weighted by Crippen LogP contribution is 2.58. The topological polar surface area (TPSA) is 49.7 Å². The second kappa shape index (κ2) is 6.18.